The first-order valence-corrected chi connectivity index (χ1v) is 9.12. The fraction of sp³-hybridized carbons (Fsp3) is 1.00. The van der Waals surface area contributed by atoms with Crippen LogP contribution in [-0.2, 0) is 9.13 Å². The highest BCUT2D eigenvalue weighted by atomic mass is 31.2. The van der Waals surface area contributed by atoms with Gasteiger partial charge in [-0.1, -0.05) is 39.5 Å². The molecule has 0 saturated carbocycles. The molecule has 0 rings (SSSR count). The lowest BCUT2D eigenvalue weighted by Crippen LogP contribution is -2.41. The number of hydrogen-bond donors (Lipinski definition) is 5. The van der Waals surface area contributed by atoms with Crippen LogP contribution in [0.3, 0.4) is 0 Å². The number of nitrogens with two attached hydrogens (primary N) is 1. The maximum Gasteiger partial charge on any atom is 0.357 e. The molecule has 0 heterocycles. The van der Waals surface area contributed by atoms with Gasteiger partial charge in [-0.15, -0.1) is 0 Å². The molecule has 0 amide bonds. The van der Waals surface area contributed by atoms with Gasteiger partial charge in [0.05, 0.1) is 0 Å². The Morgan fingerprint density at radius 3 is 1.83 bits per heavy atom. The molecule has 0 aromatic carbocycles. The lowest BCUT2D eigenvalue weighted by molar-refractivity contribution is 0.278. The van der Waals surface area contributed by atoms with Crippen molar-refractivity contribution in [2.45, 2.75) is 51.0 Å². The summed E-state index contributed by atoms with van der Waals surface area (Å²) in [6.45, 7) is 3.77. The minimum absolute atomic E-state index is 0.213. The molecule has 7 nitrogen and oxygen atoms in total. The van der Waals surface area contributed by atoms with Crippen molar-refractivity contribution in [2.24, 2.45) is 11.7 Å². The second-order valence-corrected chi connectivity index (χ2v) is 8.71. The summed E-state index contributed by atoms with van der Waals surface area (Å²) < 4.78 is 22.6. The fourth-order valence-electron chi connectivity index (χ4n) is 1.78. The Bertz CT molecular complexity index is 327. The summed E-state index contributed by atoms with van der Waals surface area (Å²) in [5.74, 6) is -0.213. The highest BCUT2D eigenvalue weighted by molar-refractivity contribution is 7.72. The Hall–Kier alpha value is 0.260. The Labute approximate surface area is 107 Å². The normalized spacial score (nSPS) is 15.7. The van der Waals surface area contributed by atoms with E-state index in [0.29, 0.717) is 12.8 Å². The van der Waals surface area contributed by atoms with Crippen LogP contribution in [0.2, 0.25) is 0 Å². The van der Waals surface area contributed by atoms with E-state index in [1.807, 2.05) is 6.92 Å². The van der Waals surface area contributed by atoms with E-state index in [9.17, 15) is 9.13 Å². The van der Waals surface area contributed by atoms with Crippen molar-refractivity contribution in [1.82, 2.24) is 0 Å². The molecule has 0 saturated heterocycles. The molecule has 18 heavy (non-hydrogen) atoms. The lowest BCUT2D eigenvalue weighted by Gasteiger charge is -2.33. The first-order chi connectivity index (χ1) is 7.99. The molecule has 1 atom stereocenters. The lowest BCUT2D eigenvalue weighted by atomic mass is 9.96. The first-order valence-electron chi connectivity index (χ1n) is 5.89. The zero-order chi connectivity index (χ0) is 14.6. The fourth-order valence-corrected chi connectivity index (χ4v) is 4.13. The summed E-state index contributed by atoms with van der Waals surface area (Å²) in [7, 11) is -10.2. The quantitative estimate of drug-likeness (QED) is 0.428. The number of unbranched alkanes of at least 4 members (excludes halogenated alkanes) is 1. The molecule has 0 fully saturated rings. The van der Waals surface area contributed by atoms with Crippen LogP contribution in [0.1, 0.15) is 46.0 Å². The van der Waals surface area contributed by atoms with Crippen molar-refractivity contribution in [3.63, 3.8) is 0 Å². The number of rotatable bonds is 8. The molecule has 0 aliphatic heterocycles. The van der Waals surface area contributed by atoms with E-state index < -0.39 is 20.2 Å². The third-order valence-electron chi connectivity index (χ3n) is 3.14. The molecule has 6 N–H and O–H groups in total. The third-order valence-corrected chi connectivity index (χ3v) is 7.09. The average molecular weight is 303 g/mol. The predicted octanol–water partition coefficient (Wildman–Crippen LogP) is 1.56. The molecule has 0 aliphatic rings. The van der Waals surface area contributed by atoms with Gasteiger partial charge in [-0.3, -0.25) is 9.13 Å². The molecule has 0 radical (unpaired) electrons. The Balaban J connectivity index is 5.14. The van der Waals surface area contributed by atoms with Gasteiger partial charge < -0.3 is 25.3 Å². The zero-order valence-electron chi connectivity index (χ0n) is 10.7. The Morgan fingerprint density at radius 1 is 1.11 bits per heavy atom. The molecular formula is C9H23NO6P2. The van der Waals surface area contributed by atoms with E-state index in [4.69, 9.17) is 25.3 Å². The molecule has 1 unspecified atom stereocenters. The highest BCUT2D eigenvalue weighted by Gasteiger charge is 2.57. The molecule has 0 aromatic heterocycles. The van der Waals surface area contributed by atoms with Crippen LogP contribution >= 0.6 is 15.2 Å². The minimum Gasteiger partial charge on any atom is -0.323 e. The molecule has 0 aliphatic carbocycles. The zero-order valence-corrected chi connectivity index (χ0v) is 12.5. The molecule has 9 heteroatoms. The third kappa shape index (κ3) is 4.42. The van der Waals surface area contributed by atoms with Gasteiger partial charge in [0.1, 0.15) is 0 Å². The van der Waals surface area contributed by atoms with Crippen LogP contribution in [0.4, 0.5) is 0 Å². The smallest absolute Gasteiger partial charge is 0.323 e. The van der Waals surface area contributed by atoms with Gasteiger partial charge >= 0.3 is 15.2 Å². The van der Waals surface area contributed by atoms with Crippen molar-refractivity contribution in [2.75, 3.05) is 0 Å². The SMILES string of the molecule is CCCCC(CC)CC(N)(P(=O)(O)O)P(=O)(O)O. The Kier molecular flexibility index (Phi) is 6.71. The molecule has 110 valence electrons. The molecule has 0 spiro atoms. The van der Waals surface area contributed by atoms with Gasteiger partial charge in [-0.25, -0.2) is 0 Å². The average Bonchev–Trinajstić information content (AvgIpc) is 2.20. The first kappa shape index (κ1) is 18.3. The Morgan fingerprint density at radius 2 is 1.56 bits per heavy atom. The van der Waals surface area contributed by atoms with Crippen LogP contribution in [-0.4, -0.2) is 24.6 Å². The molecule has 0 aromatic rings. The maximum atomic E-state index is 11.3. The van der Waals surface area contributed by atoms with E-state index in [-0.39, 0.29) is 12.3 Å². The topological polar surface area (TPSA) is 141 Å². The van der Waals surface area contributed by atoms with E-state index in [0.717, 1.165) is 12.8 Å². The van der Waals surface area contributed by atoms with E-state index in [2.05, 4.69) is 0 Å². The van der Waals surface area contributed by atoms with Crippen molar-refractivity contribution in [3.05, 3.63) is 0 Å². The predicted molar refractivity (Wildman–Crippen MR) is 68.9 cm³/mol. The summed E-state index contributed by atoms with van der Waals surface area (Å²) in [6.07, 6.45) is 2.57. The monoisotopic (exact) mass is 303 g/mol. The van der Waals surface area contributed by atoms with Gasteiger partial charge in [0, 0.05) is 0 Å². The van der Waals surface area contributed by atoms with Crippen molar-refractivity contribution >= 4 is 15.2 Å². The van der Waals surface area contributed by atoms with E-state index in [1.54, 1.807) is 6.92 Å². The van der Waals surface area contributed by atoms with Crippen LogP contribution in [0.15, 0.2) is 0 Å². The van der Waals surface area contributed by atoms with Crippen molar-refractivity contribution < 1.29 is 28.7 Å². The van der Waals surface area contributed by atoms with Gasteiger partial charge in [-0.05, 0) is 12.3 Å². The standard InChI is InChI=1S/C9H23NO6P2/c1-3-5-6-8(4-2)7-9(10,17(11,12)13)18(14,15)16/h8H,3-7,10H2,1-2H3,(H2,11,12,13)(H2,14,15,16). The van der Waals surface area contributed by atoms with Crippen LogP contribution in [0.5, 0.6) is 0 Å². The minimum atomic E-state index is -5.09. The second kappa shape index (κ2) is 6.62. The summed E-state index contributed by atoms with van der Waals surface area (Å²) in [5, 5.41) is -2.77. The summed E-state index contributed by atoms with van der Waals surface area (Å²) >= 11 is 0. The second-order valence-electron chi connectivity index (χ2n) is 4.59. The van der Waals surface area contributed by atoms with Gasteiger partial charge in [0.15, 0.2) is 0 Å². The van der Waals surface area contributed by atoms with Gasteiger partial charge in [-0.2, -0.15) is 0 Å². The summed E-state index contributed by atoms with van der Waals surface area (Å²) in [5.41, 5.74) is 5.37. The van der Waals surface area contributed by atoms with Crippen LogP contribution in [0.25, 0.3) is 0 Å². The van der Waals surface area contributed by atoms with Gasteiger partial charge in [0.25, 0.3) is 0 Å². The largest absolute Gasteiger partial charge is 0.357 e. The maximum absolute atomic E-state index is 11.3. The highest BCUT2D eigenvalue weighted by Crippen LogP contribution is 2.68. The van der Waals surface area contributed by atoms with E-state index >= 15 is 0 Å². The summed E-state index contributed by atoms with van der Waals surface area (Å²) in [4.78, 5) is 36.5. The van der Waals surface area contributed by atoms with Crippen LogP contribution < -0.4 is 5.73 Å². The van der Waals surface area contributed by atoms with Crippen LogP contribution in [0, 0.1) is 5.92 Å². The van der Waals surface area contributed by atoms with E-state index in [1.165, 1.54) is 0 Å². The van der Waals surface area contributed by atoms with Crippen molar-refractivity contribution in [1.29, 1.82) is 0 Å². The molecular weight excluding hydrogens is 280 g/mol. The molecule has 0 bridgehead atoms. The number of hydrogen-bond acceptors (Lipinski definition) is 3. The summed E-state index contributed by atoms with van der Waals surface area (Å²) in [6, 6.07) is 0. The van der Waals surface area contributed by atoms with Crippen molar-refractivity contribution in [3.8, 4) is 0 Å². The van der Waals surface area contributed by atoms with Gasteiger partial charge in [0.2, 0.25) is 5.02 Å².